The second-order valence-electron chi connectivity index (χ2n) is 1.57. The number of nitrogens with one attached hydrogen (secondary N) is 2. The normalized spacial score (nSPS) is 18.0. The van der Waals surface area contributed by atoms with Gasteiger partial charge in [0, 0.05) is 26.2 Å². The molecule has 9 heavy (non-hydrogen) atoms. The first-order chi connectivity index (χ1) is 4.41. The fraction of sp³-hybridized carbons (Fsp3) is 1.00. The van der Waals surface area contributed by atoms with Crippen molar-refractivity contribution in [3.8, 4) is 0 Å². The average molecular weight is 453 g/mol. The van der Waals surface area contributed by atoms with Gasteiger partial charge in [0.25, 0.3) is 0 Å². The van der Waals surface area contributed by atoms with E-state index in [1.165, 1.54) is 0 Å². The van der Waals surface area contributed by atoms with Gasteiger partial charge in [-0.05, 0) is 0 Å². The molecule has 54 valence electrons. The molecule has 1 rings (SSSR count). The summed E-state index contributed by atoms with van der Waals surface area (Å²) in [7, 11) is 0. The summed E-state index contributed by atoms with van der Waals surface area (Å²) in [5, 5.41) is 6.44. The molecule has 1 fully saturated rings. The van der Waals surface area contributed by atoms with E-state index >= 15 is 0 Å². The van der Waals surface area contributed by atoms with Crippen LogP contribution in [0.1, 0.15) is 0 Å². The van der Waals surface area contributed by atoms with Crippen LogP contribution in [0, 0.1) is 0 Å². The maximum atomic E-state index is 3.26. The molecule has 0 unspecified atom stereocenters. The summed E-state index contributed by atoms with van der Waals surface area (Å²) in [5.41, 5.74) is 0. The van der Waals surface area contributed by atoms with E-state index in [4.69, 9.17) is 0 Å². The summed E-state index contributed by atoms with van der Waals surface area (Å²) in [5.74, 6) is 0. The van der Waals surface area contributed by atoms with Crippen molar-refractivity contribution in [3.63, 3.8) is 0 Å². The van der Waals surface area contributed by atoms with Gasteiger partial charge in [-0.15, -0.1) is 0 Å². The van der Waals surface area contributed by atoms with Gasteiger partial charge in [0.05, 0.1) is 0 Å². The summed E-state index contributed by atoms with van der Waals surface area (Å²) in [6, 6.07) is 0. The predicted octanol–water partition coefficient (Wildman–Crippen LogP) is 0.490. The van der Waals surface area contributed by atoms with E-state index in [0.29, 0.717) is 0 Å². The van der Waals surface area contributed by atoms with Gasteiger partial charge in [0.15, 0.2) is 0 Å². The van der Waals surface area contributed by atoms with Crippen molar-refractivity contribution in [2.75, 3.05) is 26.2 Å². The minimum atomic E-state index is -0.292. The molecule has 0 aromatic carbocycles. The summed E-state index contributed by atoms with van der Waals surface area (Å²) >= 11 is 6.22. The Morgan fingerprint density at radius 2 is 1.11 bits per heavy atom. The Hall–Kier alpha value is 1.80. The molecule has 0 atom stereocenters. The van der Waals surface area contributed by atoms with Crippen molar-refractivity contribution in [2.45, 2.75) is 0 Å². The molecule has 2 nitrogen and oxygen atoms in total. The Bertz CT molecular complexity index is 40.3. The van der Waals surface area contributed by atoms with E-state index in [-0.39, 0.29) is 19.4 Å². The van der Waals surface area contributed by atoms with Crippen LogP contribution in [-0.4, -0.2) is 45.6 Å². The summed E-state index contributed by atoms with van der Waals surface area (Å²) in [6.45, 7) is 4.56. The van der Waals surface area contributed by atoms with Crippen LogP contribution in [0.25, 0.3) is 0 Å². The predicted molar refractivity (Wildman–Crippen MR) is 49.3 cm³/mol. The molecule has 1 aliphatic rings. The van der Waals surface area contributed by atoms with E-state index < -0.39 is 0 Å². The zero-order valence-corrected chi connectivity index (χ0v) is 12.1. The fourth-order valence-electron chi connectivity index (χ4n) is 0.604. The van der Waals surface area contributed by atoms with Crippen LogP contribution in [-0.2, 0) is 0 Å². The molecule has 0 saturated carbocycles. The van der Waals surface area contributed by atoms with E-state index in [0.717, 1.165) is 26.2 Å². The molecule has 0 spiro atoms. The van der Waals surface area contributed by atoms with E-state index in [2.05, 4.69) is 34.6 Å². The second kappa shape index (κ2) is 9.80. The summed E-state index contributed by atoms with van der Waals surface area (Å²) < 4.78 is 0. The molecule has 2 radical (unpaired) electrons. The Morgan fingerprint density at radius 1 is 0.889 bits per heavy atom. The molecule has 0 amide bonds. The molecule has 2 N–H and O–H groups in total. The van der Waals surface area contributed by atoms with Crippen LogP contribution in [0.2, 0.25) is 0 Å². The molecule has 0 aliphatic carbocycles. The molecule has 0 aromatic rings. The van der Waals surface area contributed by atoms with Gasteiger partial charge in [0.2, 0.25) is 0 Å². The molecular formula is C4H10Br2N2Pb. The summed E-state index contributed by atoms with van der Waals surface area (Å²) in [4.78, 5) is 0. The zero-order valence-electron chi connectivity index (χ0n) is 5.08. The van der Waals surface area contributed by atoms with Crippen LogP contribution in [0.5, 0.6) is 0 Å². The number of halogens is 2. The number of rotatable bonds is 0. The maximum absolute atomic E-state index is 3.26. The first kappa shape index (κ1) is 10.8. The fourth-order valence-corrected chi connectivity index (χ4v) is 0.604. The van der Waals surface area contributed by atoms with Crippen molar-refractivity contribution in [3.05, 3.63) is 0 Å². The molecule has 1 saturated heterocycles. The minimum absolute atomic E-state index is 0.292. The molecule has 0 aromatic heterocycles. The van der Waals surface area contributed by atoms with Crippen molar-refractivity contribution in [1.82, 2.24) is 10.6 Å². The third-order valence-corrected chi connectivity index (χ3v) is 0.957. The molecule has 1 heterocycles. The topological polar surface area (TPSA) is 24.1 Å². The van der Waals surface area contributed by atoms with Crippen molar-refractivity contribution in [1.29, 1.82) is 0 Å². The number of hydrogen-bond acceptors (Lipinski definition) is 2. The monoisotopic (exact) mass is 452 g/mol. The third-order valence-electron chi connectivity index (χ3n) is 0.957. The van der Waals surface area contributed by atoms with Crippen molar-refractivity contribution >= 4 is 43.4 Å². The van der Waals surface area contributed by atoms with Gasteiger partial charge in [-0.25, -0.2) is 0 Å². The van der Waals surface area contributed by atoms with Crippen LogP contribution in [0.3, 0.4) is 0 Å². The van der Waals surface area contributed by atoms with E-state index in [1.807, 2.05) is 0 Å². The Morgan fingerprint density at radius 3 is 1.22 bits per heavy atom. The van der Waals surface area contributed by atoms with Gasteiger partial charge in [0.1, 0.15) is 0 Å². The molecule has 1 aliphatic heterocycles. The summed E-state index contributed by atoms with van der Waals surface area (Å²) in [6.07, 6.45) is 0. The third kappa shape index (κ3) is 9.80. The van der Waals surface area contributed by atoms with Gasteiger partial charge in [-0.2, -0.15) is 0 Å². The first-order valence-electron chi connectivity index (χ1n) is 2.79. The van der Waals surface area contributed by atoms with Crippen LogP contribution >= 0.6 is 24.0 Å². The number of hydrogen-bond donors (Lipinski definition) is 2. The molecular weight excluding hydrogens is 443 g/mol. The van der Waals surface area contributed by atoms with Gasteiger partial charge in [-0.1, -0.05) is 0 Å². The average Bonchev–Trinajstić information content (AvgIpc) is 1.93. The Kier molecular flexibility index (Phi) is 11.8. The zero-order chi connectivity index (χ0) is 6.95. The van der Waals surface area contributed by atoms with Crippen LogP contribution in [0.4, 0.5) is 0 Å². The van der Waals surface area contributed by atoms with Crippen LogP contribution < -0.4 is 10.6 Å². The molecule has 0 bridgehead atoms. The number of piperazine rings is 1. The molecule has 5 heteroatoms. The van der Waals surface area contributed by atoms with Gasteiger partial charge >= 0.3 is 43.4 Å². The van der Waals surface area contributed by atoms with Gasteiger partial charge < -0.3 is 10.6 Å². The standard InChI is InChI=1S/C4H10N2.2BrH.Pb/c1-2-6-4-3-5-1;;;/h5-6H,1-4H2;2*1H;/q;;;+2/p-2. The van der Waals surface area contributed by atoms with Gasteiger partial charge in [-0.3, -0.25) is 0 Å². The van der Waals surface area contributed by atoms with E-state index in [9.17, 15) is 0 Å². The second-order valence-corrected chi connectivity index (χ2v) is 18.4. The van der Waals surface area contributed by atoms with E-state index in [1.54, 1.807) is 0 Å². The van der Waals surface area contributed by atoms with Crippen molar-refractivity contribution in [2.24, 2.45) is 0 Å². The van der Waals surface area contributed by atoms with Crippen LogP contribution in [0.15, 0.2) is 0 Å². The SMILES string of the molecule is C1CNCCN1.[Br][Pb][Br]. The van der Waals surface area contributed by atoms with Crippen molar-refractivity contribution < 1.29 is 0 Å². The Labute approximate surface area is 79.4 Å². The Balaban J connectivity index is 0.000000187. The quantitative estimate of drug-likeness (QED) is 0.523. The first-order valence-corrected chi connectivity index (χ1v) is 19.6.